The number of hydrogen-bond acceptors (Lipinski definition) is 5. The topological polar surface area (TPSA) is 74.3 Å². The summed E-state index contributed by atoms with van der Waals surface area (Å²) in [5.74, 6) is 1.75. The Balaban J connectivity index is 1.51. The van der Waals surface area contributed by atoms with Crippen LogP contribution in [0.15, 0.2) is 54.6 Å². The Morgan fingerprint density at radius 2 is 1.72 bits per heavy atom. The highest BCUT2D eigenvalue weighted by Crippen LogP contribution is 2.21. The molecule has 0 aliphatic carbocycles. The largest absolute Gasteiger partial charge is 0.496 e. The molecule has 1 aliphatic rings. The molecule has 0 spiro atoms. The van der Waals surface area contributed by atoms with Crippen molar-refractivity contribution in [3.63, 3.8) is 0 Å². The van der Waals surface area contributed by atoms with Crippen LogP contribution in [0.25, 0.3) is 6.08 Å². The molecule has 0 radical (unpaired) electrons. The van der Waals surface area contributed by atoms with E-state index in [9.17, 15) is 9.59 Å². The first-order chi connectivity index (χ1) is 18.7. The summed E-state index contributed by atoms with van der Waals surface area (Å²) in [6.07, 6.45) is 4.54. The second-order valence-electron chi connectivity index (χ2n) is 10.9. The predicted molar refractivity (Wildman–Crippen MR) is 157 cm³/mol. The molecule has 1 heterocycles. The Kier molecular flexibility index (Phi) is 11.2. The van der Waals surface area contributed by atoms with Crippen LogP contribution in [-0.2, 0) is 4.79 Å². The van der Waals surface area contributed by atoms with Gasteiger partial charge in [0.1, 0.15) is 11.5 Å². The maximum atomic E-state index is 13.1. The van der Waals surface area contributed by atoms with Crippen LogP contribution in [0.1, 0.15) is 39.7 Å². The number of urea groups is 1. The Labute approximate surface area is 233 Å². The van der Waals surface area contributed by atoms with Gasteiger partial charge in [0.05, 0.1) is 13.7 Å². The molecule has 1 N–H and O–H groups in total. The highest BCUT2D eigenvalue weighted by atomic mass is 16.5. The fraction of sp³-hybridized carbons (Fsp3) is 0.484. The van der Waals surface area contributed by atoms with E-state index in [0.717, 1.165) is 42.4 Å². The van der Waals surface area contributed by atoms with Crippen molar-refractivity contribution >= 4 is 23.7 Å². The van der Waals surface area contributed by atoms with Gasteiger partial charge in [-0.15, -0.1) is 0 Å². The number of carbonyl (C=O) groups is 2. The van der Waals surface area contributed by atoms with Crippen molar-refractivity contribution in [2.24, 2.45) is 5.41 Å². The van der Waals surface area contributed by atoms with Gasteiger partial charge in [-0.1, -0.05) is 51.1 Å². The monoisotopic (exact) mass is 536 g/mol. The van der Waals surface area contributed by atoms with Crippen LogP contribution in [0.5, 0.6) is 11.5 Å². The second kappa shape index (κ2) is 14.6. The zero-order valence-electron chi connectivity index (χ0n) is 24.1. The summed E-state index contributed by atoms with van der Waals surface area (Å²) < 4.78 is 10.9. The number of benzene rings is 2. The van der Waals surface area contributed by atoms with Crippen molar-refractivity contribution in [3.8, 4) is 11.5 Å². The molecule has 212 valence electrons. The van der Waals surface area contributed by atoms with E-state index < -0.39 is 0 Å². The van der Waals surface area contributed by atoms with Gasteiger partial charge in [-0.05, 0) is 42.7 Å². The number of anilines is 1. The molecule has 1 saturated heterocycles. The third-order valence-electron chi connectivity index (χ3n) is 6.56. The zero-order chi connectivity index (χ0) is 28.3. The lowest BCUT2D eigenvalue weighted by Crippen LogP contribution is -2.51. The number of amides is 3. The number of piperazine rings is 1. The SMILES string of the molecule is CCOc1ccc(NC(=O)N2CCN(CCN(C/C=C/c3ccccc3OC)C(=O)CC(C)(C)C)CC2)cc1. The normalized spacial score (nSPS) is 14.3. The minimum absolute atomic E-state index is 0.0793. The van der Waals surface area contributed by atoms with Crippen LogP contribution in [0.2, 0.25) is 0 Å². The first kappa shape index (κ1) is 30.0. The number of hydrogen-bond donors (Lipinski definition) is 1. The van der Waals surface area contributed by atoms with Gasteiger partial charge in [-0.25, -0.2) is 4.79 Å². The van der Waals surface area contributed by atoms with Crippen LogP contribution < -0.4 is 14.8 Å². The van der Waals surface area contributed by atoms with Crippen molar-refractivity contribution in [2.45, 2.75) is 34.1 Å². The molecular weight excluding hydrogens is 492 g/mol. The maximum Gasteiger partial charge on any atom is 0.321 e. The lowest BCUT2D eigenvalue weighted by Gasteiger charge is -2.36. The van der Waals surface area contributed by atoms with Gasteiger partial charge < -0.3 is 24.6 Å². The second-order valence-corrected chi connectivity index (χ2v) is 10.9. The van der Waals surface area contributed by atoms with Gasteiger partial charge in [-0.3, -0.25) is 9.69 Å². The summed E-state index contributed by atoms with van der Waals surface area (Å²) in [6, 6.07) is 15.2. The molecule has 1 aliphatic heterocycles. The number of nitrogens with one attached hydrogen (secondary N) is 1. The van der Waals surface area contributed by atoms with Crippen molar-refractivity contribution < 1.29 is 19.1 Å². The van der Waals surface area contributed by atoms with Crippen LogP contribution in [0.3, 0.4) is 0 Å². The molecule has 3 amide bonds. The van der Waals surface area contributed by atoms with Gasteiger partial charge in [0.15, 0.2) is 0 Å². The lowest BCUT2D eigenvalue weighted by molar-refractivity contribution is -0.132. The van der Waals surface area contributed by atoms with E-state index in [2.05, 4.69) is 31.0 Å². The molecular formula is C31H44N4O4. The molecule has 39 heavy (non-hydrogen) atoms. The highest BCUT2D eigenvalue weighted by Gasteiger charge is 2.24. The molecule has 0 saturated carbocycles. The molecule has 0 unspecified atom stereocenters. The Hall–Kier alpha value is -3.52. The molecule has 2 aromatic rings. The van der Waals surface area contributed by atoms with Gasteiger partial charge >= 0.3 is 6.03 Å². The minimum Gasteiger partial charge on any atom is -0.496 e. The van der Waals surface area contributed by atoms with E-state index in [1.54, 1.807) is 7.11 Å². The molecule has 8 nitrogen and oxygen atoms in total. The average molecular weight is 537 g/mol. The first-order valence-electron chi connectivity index (χ1n) is 13.8. The fourth-order valence-electron chi connectivity index (χ4n) is 4.43. The quantitative estimate of drug-likeness (QED) is 0.426. The molecule has 3 rings (SSSR count). The van der Waals surface area contributed by atoms with Gasteiger partial charge in [0, 0.05) is 63.5 Å². The highest BCUT2D eigenvalue weighted by molar-refractivity contribution is 5.89. The summed E-state index contributed by atoms with van der Waals surface area (Å²) in [4.78, 5) is 32.0. The van der Waals surface area contributed by atoms with Gasteiger partial charge in [-0.2, -0.15) is 0 Å². The number of rotatable bonds is 11. The Bertz CT molecular complexity index is 1090. The molecule has 2 aromatic carbocycles. The summed E-state index contributed by atoms with van der Waals surface area (Å²) in [7, 11) is 1.66. The third-order valence-corrected chi connectivity index (χ3v) is 6.56. The van der Waals surface area contributed by atoms with Crippen LogP contribution in [0.4, 0.5) is 10.5 Å². The third kappa shape index (κ3) is 9.94. The molecule has 0 atom stereocenters. The summed E-state index contributed by atoms with van der Waals surface area (Å²) in [6.45, 7) is 13.6. The summed E-state index contributed by atoms with van der Waals surface area (Å²) in [5, 5.41) is 2.97. The van der Waals surface area contributed by atoms with E-state index in [1.165, 1.54) is 0 Å². The van der Waals surface area contributed by atoms with Gasteiger partial charge in [0.25, 0.3) is 0 Å². The smallest absolute Gasteiger partial charge is 0.321 e. The van der Waals surface area contributed by atoms with E-state index >= 15 is 0 Å². The molecule has 0 aromatic heterocycles. The fourth-order valence-corrected chi connectivity index (χ4v) is 4.43. The van der Waals surface area contributed by atoms with E-state index in [-0.39, 0.29) is 17.4 Å². The van der Waals surface area contributed by atoms with E-state index in [0.29, 0.717) is 39.2 Å². The minimum atomic E-state index is -0.0951. The lowest BCUT2D eigenvalue weighted by atomic mass is 9.91. The van der Waals surface area contributed by atoms with Crippen LogP contribution in [0, 0.1) is 5.41 Å². The van der Waals surface area contributed by atoms with E-state index in [4.69, 9.17) is 9.47 Å². The van der Waals surface area contributed by atoms with Crippen LogP contribution >= 0.6 is 0 Å². The molecule has 0 bridgehead atoms. The molecule has 8 heteroatoms. The summed E-state index contributed by atoms with van der Waals surface area (Å²) in [5.41, 5.74) is 1.66. The van der Waals surface area contributed by atoms with Gasteiger partial charge in [0.2, 0.25) is 5.91 Å². The van der Waals surface area contributed by atoms with Crippen molar-refractivity contribution in [2.75, 3.05) is 64.8 Å². The van der Waals surface area contributed by atoms with Crippen molar-refractivity contribution in [1.29, 1.82) is 0 Å². The Morgan fingerprint density at radius 1 is 1.03 bits per heavy atom. The number of carbonyl (C=O) groups excluding carboxylic acids is 2. The number of ether oxygens (including phenoxy) is 2. The first-order valence-corrected chi connectivity index (χ1v) is 13.8. The van der Waals surface area contributed by atoms with Crippen LogP contribution in [-0.4, -0.2) is 86.2 Å². The summed E-state index contributed by atoms with van der Waals surface area (Å²) >= 11 is 0. The van der Waals surface area contributed by atoms with Crippen molar-refractivity contribution in [3.05, 3.63) is 60.2 Å². The Morgan fingerprint density at radius 3 is 2.36 bits per heavy atom. The number of nitrogens with zero attached hydrogens (tertiary/aromatic N) is 3. The van der Waals surface area contributed by atoms with E-state index in [1.807, 2.05) is 77.4 Å². The van der Waals surface area contributed by atoms with Crippen molar-refractivity contribution in [1.82, 2.24) is 14.7 Å². The standard InChI is InChI=1S/C31H44N4O4/c1-6-39-27-15-13-26(14-16-27)32-30(37)35-22-19-33(20-23-35)18-21-34(29(36)24-31(2,3)4)17-9-11-25-10-7-8-12-28(25)38-5/h7-16H,6,17-24H2,1-5H3,(H,32,37)/b11-9+. The number of methoxy groups -OCH3 is 1. The predicted octanol–water partition coefficient (Wildman–Crippen LogP) is 5.22. The zero-order valence-corrected chi connectivity index (χ0v) is 24.1. The molecule has 1 fully saturated rings. The average Bonchev–Trinajstić information content (AvgIpc) is 2.91. The maximum absolute atomic E-state index is 13.1. The number of para-hydroxylation sites is 1.